The van der Waals surface area contributed by atoms with Crippen molar-refractivity contribution in [2.45, 2.75) is 51.4 Å². The summed E-state index contributed by atoms with van der Waals surface area (Å²) in [6, 6.07) is 6.68. The van der Waals surface area contributed by atoms with Gasteiger partial charge in [-0.15, -0.1) is 0 Å². The first kappa shape index (κ1) is 24.3. The molecule has 1 aliphatic carbocycles. The number of pyridine rings is 1. The summed E-state index contributed by atoms with van der Waals surface area (Å²) in [4.78, 5) is 23.9. The summed E-state index contributed by atoms with van der Waals surface area (Å²) in [6.45, 7) is 3.10. The molecule has 0 radical (unpaired) electrons. The van der Waals surface area contributed by atoms with Gasteiger partial charge in [0, 0.05) is 23.9 Å². The lowest BCUT2D eigenvalue weighted by molar-refractivity contribution is 0.182. The van der Waals surface area contributed by atoms with Gasteiger partial charge in [-0.3, -0.25) is 0 Å². The average molecular weight is 468 g/mol. The third kappa shape index (κ3) is 5.97. The van der Waals surface area contributed by atoms with Gasteiger partial charge in [-0.1, -0.05) is 32.1 Å². The van der Waals surface area contributed by atoms with Gasteiger partial charge >= 0.3 is 6.03 Å². The first-order valence-electron chi connectivity index (χ1n) is 12.5. The molecule has 1 saturated heterocycles. The second-order valence-electron chi connectivity index (χ2n) is 9.46. The number of carbonyl (C=O) groups is 1. The Morgan fingerprint density at radius 3 is 2.71 bits per heavy atom. The summed E-state index contributed by atoms with van der Waals surface area (Å²) in [5.41, 5.74) is 7.43. The Hall–Kier alpha value is -2.87. The molecule has 1 unspecified atom stereocenters. The number of fused-ring (bicyclic) bond motifs is 1. The number of nitrogens with zero attached hydrogens (tertiary/aromatic N) is 3. The van der Waals surface area contributed by atoms with Crippen LogP contribution in [0.5, 0.6) is 11.6 Å². The quantitative estimate of drug-likeness (QED) is 0.447. The minimum absolute atomic E-state index is 0.108. The number of carbonyl (C=O) groups excluding carboxylic acids is 1. The van der Waals surface area contributed by atoms with E-state index in [0.717, 1.165) is 43.8 Å². The molecule has 2 amide bonds. The Kier molecular flexibility index (Phi) is 8.21. The van der Waals surface area contributed by atoms with Crippen molar-refractivity contribution in [2.75, 3.05) is 39.2 Å². The molecule has 2 aromatic rings. The monoisotopic (exact) mass is 467 g/mol. The molecular weight excluding hydrogens is 430 g/mol. The van der Waals surface area contributed by atoms with E-state index in [0.29, 0.717) is 28.7 Å². The van der Waals surface area contributed by atoms with Crippen molar-refractivity contribution in [3.8, 4) is 11.6 Å². The number of hydrogen-bond donors (Lipinski definition) is 2. The molecule has 2 aliphatic rings. The number of nitrogens with two attached hydrogens (primary N) is 1. The first-order valence-corrected chi connectivity index (χ1v) is 12.5. The largest absolute Gasteiger partial charge is 0.496 e. The smallest absolute Gasteiger partial charge is 0.347 e. The van der Waals surface area contributed by atoms with Crippen LogP contribution in [0.4, 0.5) is 10.5 Å². The Morgan fingerprint density at radius 2 is 1.94 bits per heavy atom. The number of urea groups is 1. The van der Waals surface area contributed by atoms with Gasteiger partial charge in [-0.05, 0) is 56.5 Å². The van der Waals surface area contributed by atoms with Crippen molar-refractivity contribution in [3.05, 3.63) is 24.3 Å². The van der Waals surface area contributed by atoms with Gasteiger partial charge in [0.2, 0.25) is 5.88 Å². The lowest BCUT2D eigenvalue weighted by Crippen LogP contribution is -2.42. The number of aliphatic imine (C=N–C) groups is 1. The zero-order valence-electron chi connectivity index (χ0n) is 20.4. The number of nitrogens with one attached hydrogen (secondary N) is 1. The molecule has 34 heavy (non-hydrogen) atoms. The Balaban J connectivity index is 1.40. The summed E-state index contributed by atoms with van der Waals surface area (Å²) in [6.07, 6.45) is 10.2. The fourth-order valence-electron chi connectivity index (χ4n) is 5.26. The molecular formula is C26H37N5O3. The van der Waals surface area contributed by atoms with Crippen LogP contribution in [-0.4, -0.2) is 55.6 Å². The number of amides is 2. The van der Waals surface area contributed by atoms with E-state index in [1.807, 2.05) is 6.07 Å². The summed E-state index contributed by atoms with van der Waals surface area (Å²) >= 11 is 0. The van der Waals surface area contributed by atoms with Gasteiger partial charge < -0.3 is 25.4 Å². The minimum atomic E-state index is -0.493. The van der Waals surface area contributed by atoms with Crippen molar-refractivity contribution in [1.29, 1.82) is 0 Å². The molecule has 1 atom stereocenters. The highest BCUT2D eigenvalue weighted by Gasteiger charge is 2.24. The molecule has 8 heteroatoms. The van der Waals surface area contributed by atoms with Crippen LogP contribution in [0.15, 0.2) is 29.3 Å². The van der Waals surface area contributed by atoms with Crippen LogP contribution in [0.25, 0.3) is 10.9 Å². The summed E-state index contributed by atoms with van der Waals surface area (Å²) < 4.78 is 10.7. The second-order valence-corrected chi connectivity index (χ2v) is 9.46. The fraction of sp³-hybridized carbons (Fsp3) is 0.577. The Bertz CT molecular complexity index is 1020. The number of aromatic nitrogens is 1. The van der Waals surface area contributed by atoms with Gasteiger partial charge in [0.05, 0.1) is 19.9 Å². The van der Waals surface area contributed by atoms with Crippen LogP contribution in [0.1, 0.15) is 51.4 Å². The van der Waals surface area contributed by atoms with Gasteiger partial charge in [-0.25, -0.2) is 9.78 Å². The maximum Gasteiger partial charge on any atom is 0.347 e. The highest BCUT2D eigenvalue weighted by Crippen LogP contribution is 2.32. The van der Waals surface area contributed by atoms with Crippen LogP contribution >= 0.6 is 0 Å². The summed E-state index contributed by atoms with van der Waals surface area (Å²) in [5, 5.41) is 3.62. The Labute approximate surface area is 201 Å². The molecule has 0 spiro atoms. The molecule has 2 heterocycles. The molecule has 3 N–H and O–H groups in total. The SMILES string of the molecule is COc1ccc2c(OC)ccc(NC(=O)/N=C(\N)C3CCCN(CCC4CCCCC4)C3)c2n1. The second kappa shape index (κ2) is 11.5. The Morgan fingerprint density at radius 1 is 1.12 bits per heavy atom. The summed E-state index contributed by atoms with van der Waals surface area (Å²) in [5.74, 6) is 2.51. The minimum Gasteiger partial charge on any atom is -0.496 e. The van der Waals surface area contributed by atoms with Crippen molar-refractivity contribution < 1.29 is 14.3 Å². The number of piperidine rings is 1. The van der Waals surface area contributed by atoms with E-state index < -0.39 is 6.03 Å². The predicted octanol–water partition coefficient (Wildman–Crippen LogP) is 4.82. The van der Waals surface area contributed by atoms with Crippen molar-refractivity contribution >= 4 is 28.5 Å². The number of anilines is 1. The standard InChI is InChI=1S/C26H37N5O3/c1-33-22-12-11-21(24-20(22)10-13-23(29-24)34-2)28-26(32)30-25(27)19-9-6-15-31(17-19)16-14-18-7-4-3-5-8-18/h10-13,18-19H,3-9,14-17H2,1-2H3,(H3,27,28,30,32). The van der Waals surface area contributed by atoms with Gasteiger partial charge in [-0.2, -0.15) is 4.99 Å². The van der Waals surface area contributed by atoms with E-state index in [1.54, 1.807) is 32.4 Å². The molecule has 1 aliphatic heterocycles. The van der Waals surface area contributed by atoms with Crippen LogP contribution < -0.4 is 20.5 Å². The molecule has 2 fully saturated rings. The zero-order chi connectivity index (χ0) is 23.9. The number of benzene rings is 1. The van der Waals surface area contributed by atoms with E-state index in [1.165, 1.54) is 38.5 Å². The number of amidine groups is 1. The third-order valence-corrected chi connectivity index (χ3v) is 7.20. The van der Waals surface area contributed by atoms with Crippen LogP contribution in [-0.2, 0) is 0 Å². The molecule has 1 aromatic heterocycles. The number of methoxy groups -OCH3 is 2. The van der Waals surface area contributed by atoms with E-state index in [9.17, 15) is 4.79 Å². The third-order valence-electron chi connectivity index (χ3n) is 7.20. The lowest BCUT2D eigenvalue weighted by atomic mass is 9.86. The molecule has 184 valence electrons. The van der Waals surface area contributed by atoms with Gasteiger partial charge in [0.1, 0.15) is 17.1 Å². The fourth-order valence-corrected chi connectivity index (χ4v) is 5.26. The van der Waals surface area contributed by atoms with Gasteiger partial charge in [0.15, 0.2) is 0 Å². The van der Waals surface area contributed by atoms with Crippen molar-refractivity contribution in [1.82, 2.24) is 9.88 Å². The summed E-state index contributed by atoms with van der Waals surface area (Å²) in [7, 11) is 3.16. The molecule has 1 saturated carbocycles. The van der Waals surface area contributed by atoms with E-state index >= 15 is 0 Å². The average Bonchev–Trinajstić information content (AvgIpc) is 2.88. The molecule has 0 bridgehead atoms. The predicted molar refractivity (Wildman–Crippen MR) is 136 cm³/mol. The van der Waals surface area contributed by atoms with E-state index in [2.05, 4.69) is 20.2 Å². The van der Waals surface area contributed by atoms with Crippen molar-refractivity contribution in [3.63, 3.8) is 0 Å². The molecule has 4 rings (SSSR count). The number of hydrogen-bond acceptors (Lipinski definition) is 5. The zero-order valence-corrected chi connectivity index (χ0v) is 20.4. The molecule has 8 nitrogen and oxygen atoms in total. The van der Waals surface area contributed by atoms with E-state index in [-0.39, 0.29) is 5.92 Å². The van der Waals surface area contributed by atoms with Crippen LogP contribution in [0, 0.1) is 11.8 Å². The highest BCUT2D eigenvalue weighted by molar-refractivity contribution is 6.05. The number of likely N-dealkylation sites (tertiary alicyclic amines) is 1. The van der Waals surface area contributed by atoms with Gasteiger partial charge in [0.25, 0.3) is 0 Å². The van der Waals surface area contributed by atoms with Crippen LogP contribution in [0.3, 0.4) is 0 Å². The molecule has 1 aromatic carbocycles. The van der Waals surface area contributed by atoms with Crippen LogP contribution in [0.2, 0.25) is 0 Å². The lowest BCUT2D eigenvalue weighted by Gasteiger charge is -2.33. The normalized spacial score (nSPS) is 20.3. The highest BCUT2D eigenvalue weighted by atomic mass is 16.5. The topological polar surface area (TPSA) is 102 Å². The number of ether oxygens (including phenoxy) is 2. The maximum atomic E-state index is 12.7. The first-order chi connectivity index (χ1) is 16.6. The number of rotatable bonds is 7. The van der Waals surface area contributed by atoms with E-state index in [4.69, 9.17) is 15.2 Å². The maximum absolute atomic E-state index is 12.7. The van der Waals surface area contributed by atoms with Crippen molar-refractivity contribution in [2.24, 2.45) is 22.6 Å².